The Morgan fingerprint density at radius 2 is 2.06 bits per heavy atom. The highest BCUT2D eigenvalue weighted by Gasteiger charge is 2.50. The van der Waals surface area contributed by atoms with Gasteiger partial charge in [-0.3, -0.25) is 29.0 Å². The van der Waals surface area contributed by atoms with E-state index in [0.29, 0.717) is 16.5 Å². The molecule has 1 aliphatic heterocycles. The normalized spacial score (nSPS) is 17.6. The number of pyridine rings is 1. The summed E-state index contributed by atoms with van der Waals surface area (Å²) in [7, 11) is 1.81. The van der Waals surface area contributed by atoms with Crippen molar-refractivity contribution in [2.24, 2.45) is 7.05 Å². The van der Waals surface area contributed by atoms with Crippen molar-refractivity contribution in [3.8, 4) is 11.1 Å². The zero-order chi connectivity index (χ0) is 22.2. The number of rotatable bonds is 5. The van der Waals surface area contributed by atoms with Crippen molar-refractivity contribution in [2.45, 2.75) is 31.4 Å². The second-order valence-corrected chi connectivity index (χ2v) is 7.61. The third-order valence-electron chi connectivity index (χ3n) is 5.36. The molecule has 1 aliphatic rings. The first-order chi connectivity index (χ1) is 14.8. The average Bonchev–Trinajstić information content (AvgIpc) is 3.33. The predicted molar refractivity (Wildman–Crippen MR) is 109 cm³/mol. The highest BCUT2D eigenvalue weighted by atomic mass is 19.3. The first kappa shape index (κ1) is 20.6. The summed E-state index contributed by atoms with van der Waals surface area (Å²) in [6, 6.07) is 7.15. The number of aromatic nitrogens is 3. The van der Waals surface area contributed by atoms with Crippen molar-refractivity contribution in [1.82, 2.24) is 19.7 Å². The fourth-order valence-corrected chi connectivity index (χ4v) is 3.80. The molecule has 1 fully saturated rings. The van der Waals surface area contributed by atoms with E-state index < -0.39 is 31.0 Å². The highest BCUT2D eigenvalue weighted by molar-refractivity contribution is 6.08. The second-order valence-electron chi connectivity index (χ2n) is 7.61. The Balaban J connectivity index is 1.54. The van der Waals surface area contributed by atoms with Crippen LogP contribution in [0.2, 0.25) is 0 Å². The lowest BCUT2D eigenvalue weighted by Crippen LogP contribution is -2.35. The molecule has 2 aromatic heterocycles. The van der Waals surface area contributed by atoms with Crippen LogP contribution in [-0.4, -0.2) is 50.0 Å². The van der Waals surface area contributed by atoms with E-state index in [1.807, 2.05) is 31.4 Å². The molecule has 0 aliphatic carbocycles. The molecule has 158 valence electrons. The van der Waals surface area contributed by atoms with Crippen LogP contribution in [0.3, 0.4) is 0 Å². The SMILES string of the molecule is [C-]#[N+][C@@H]1CC(F)(F)CN1C(=O)CCC(=O)c1ccnc2ccc(-c3cnn(C)c3)cc12. The number of fused-ring (bicyclic) bond motifs is 1. The summed E-state index contributed by atoms with van der Waals surface area (Å²) in [6.45, 7) is 6.27. The number of likely N-dealkylation sites (tertiary alicyclic amines) is 1. The van der Waals surface area contributed by atoms with E-state index in [1.54, 1.807) is 16.9 Å². The number of carbonyl (C=O) groups is 2. The molecule has 1 atom stereocenters. The smallest absolute Gasteiger partial charge is 0.294 e. The molecule has 0 bridgehead atoms. The van der Waals surface area contributed by atoms with Crippen molar-refractivity contribution in [1.29, 1.82) is 0 Å². The Labute approximate surface area is 177 Å². The monoisotopic (exact) mass is 423 g/mol. The van der Waals surface area contributed by atoms with E-state index in [2.05, 4.69) is 14.9 Å². The molecule has 0 radical (unpaired) electrons. The van der Waals surface area contributed by atoms with Crippen LogP contribution in [0.25, 0.3) is 26.9 Å². The summed E-state index contributed by atoms with van der Waals surface area (Å²) in [5.41, 5.74) is 2.81. The Hall–Kier alpha value is -3.67. The predicted octanol–water partition coefficient (Wildman–Crippen LogP) is 3.71. The van der Waals surface area contributed by atoms with Crippen LogP contribution in [0.15, 0.2) is 42.9 Å². The van der Waals surface area contributed by atoms with Crippen LogP contribution in [0.1, 0.15) is 29.6 Å². The minimum Gasteiger partial charge on any atom is -0.294 e. The summed E-state index contributed by atoms with van der Waals surface area (Å²) in [6.07, 6.45) is 2.89. The molecule has 1 saturated heterocycles. The van der Waals surface area contributed by atoms with Gasteiger partial charge in [0, 0.05) is 48.8 Å². The molecular weight excluding hydrogens is 404 g/mol. The van der Waals surface area contributed by atoms with Crippen molar-refractivity contribution in [3.63, 3.8) is 0 Å². The molecular formula is C22H19F2N5O2. The fraction of sp³-hybridized carbons (Fsp3) is 0.318. The van der Waals surface area contributed by atoms with Crippen molar-refractivity contribution < 1.29 is 18.4 Å². The largest absolute Gasteiger partial charge is 0.306 e. The number of nitrogens with zero attached hydrogens (tertiary/aromatic N) is 5. The van der Waals surface area contributed by atoms with Crippen LogP contribution in [0.4, 0.5) is 8.78 Å². The van der Waals surface area contributed by atoms with Crippen LogP contribution < -0.4 is 0 Å². The van der Waals surface area contributed by atoms with Gasteiger partial charge in [0.1, 0.15) is 6.42 Å². The molecule has 1 aromatic carbocycles. The van der Waals surface area contributed by atoms with Gasteiger partial charge >= 0.3 is 6.17 Å². The summed E-state index contributed by atoms with van der Waals surface area (Å²) in [5, 5.41) is 4.80. The molecule has 7 nitrogen and oxygen atoms in total. The third-order valence-corrected chi connectivity index (χ3v) is 5.36. The van der Waals surface area contributed by atoms with E-state index in [-0.39, 0.29) is 18.6 Å². The van der Waals surface area contributed by atoms with Gasteiger partial charge in [0.2, 0.25) is 5.91 Å². The van der Waals surface area contributed by atoms with Crippen molar-refractivity contribution in [3.05, 3.63) is 59.8 Å². The van der Waals surface area contributed by atoms with Crippen LogP contribution in [-0.2, 0) is 11.8 Å². The molecule has 0 saturated carbocycles. The highest BCUT2D eigenvalue weighted by Crippen LogP contribution is 2.33. The molecule has 1 amide bonds. The van der Waals surface area contributed by atoms with Crippen LogP contribution in [0, 0.1) is 6.57 Å². The number of hydrogen-bond acceptors (Lipinski definition) is 4. The average molecular weight is 423 g/mol. The molecule has 0 N–H and O–H groups in total. The number of ketones is 1. The maximum atomic E-state index is 13.6. The fourth-order valence-electron chi connectivity index (χ4n) is 3.80. The summed E-state index contributed by atoms with van der Waals surface area (Å²) >= 11 is 0. The number of halogens is 2. The molecule has 3 heterocycles. The number of aryl methyl sites for hydroxylation is 1. The summed E-state index contributed by atoms with van der Waals surface area (Å²) in [4.78, 5) is 33.6. The third kappa shape index (κ3) is 4.14. The number of benzene rings is 1. The topological polar surface area (TPSA) is 72.5 Å². The number of carbonyl (C=O) groups excluding carboxylic acids is 2. The van der Waals surface area contributed by atoms with Gasteiger partial charge in [-0.25, -0.2) is 15.4 Å². The Bertz CT molecular complexity index is 1210. The van der Waals surface area contributed by atoms with Gasteiger partial charge < -0.3 is 0 Å². The van der Waals surface area contributed by atoms with Gasteiger partial charge in [0.25, 0.3) is 5.92 Å². The van der Waals surface area contributed by atoms with Crippen LogP contribution >= 0.6 is 0 Å². The Morgan fingerprint density at radius 3 is 2.77 bits per heavy atom. The molecule has 0 unspecified atom stereocenters. The molecule has 4 rings (SSSR count). The van der Waals surface area contributed by atoms with Crippen LogP contribution in [0.5, 0.6) is 0 Å². The van der Waals surface area contributed by atoms with Gasteiger partial charge in [-0.15, -0.1) is 0 Å². The lowest BCUT2D eigenvalue weighted by atomic mass is 9.99. The zero-order valence-corrected chi connectivity index (χ0v) is 16.8. The first-order valence-electron chi connectivity index (χ1n) is 9.72. The van der Waals surface area contributed by atoms with E-state index in [1.165, 1.54) is 6.20 Å². The molecule has 9 heteroatoms. The lowest BCUT2D eigenvalue weighted by Gasteiger charge is -2.16. The number of amides is 1. The summed E-state index contributed by atoms with van der Waals surface area (Å²) in [5.74, 6) is -3.96. The minimum absolute atomic E-state index is 0.137. The molecule has 31 heavy (non-hydrogen) atoms. The Morgan fingerprint density at radius 1 is 1.26 bits per heavy atom. The maximum absolute atomic E-state index is 13.6. The van der Waals surface area contributed by atoms with Crippen molar-refractivity contribution in [2.75, 3.05) is 6.54 Å². The Kier molecular flexibility index (Phi) is 5.23. The van der Waals surface area contributed by atoms with Crippen molar-refractivity contribution >= 4 is 22.6 Å². The van der Waals surface area contributed by atoms with Gasteiger partial charge in [0.05, 0.1) is 18.3 Å². The molecule has 0 spiro atoms. The van der Waals surface area contributed by atoms with Gasteiger partial charge in [0.15, 0.2) is 5.78 Å². The van der Waals surface area contributed by atoms with Gasteiger partial charge in [-0.05, 0) is 23.8 Å². The van der Waals surface area contributed by atoms with E-state index in [9.17, 15) is 18.4 Å². The van der Waals surface area contributed by atoms with Gasteiger partial charge in [-0.2, -0.15) is 5.10 Å². The molecule has 3 aromatic rings. The minimum atomic E-state index is -3.07. The lowest BCUT2D eigenvalue weighted by molar-refractivity contribution is -0.132. The number of hydrogen-bond donors (Lipinski definition) is 0. The van der Waals surface area contributed by atoms with E-state index in [4.69, 9.17) is 6.57 Å². The quantitative estimate of drug-likeness (QED) is 0.463. The van der Waals surface area contributed by atoms with Gasteiger partial charge in [-0.1, -0.05) is 6.07 Å². The number of Topliss-reactive ketones (excluding diaryl/α,β-unsaturated/α-hetero) is 1. The summed E-state index contributed by atoms with van der Waals surface area (Å²) < 4.78 is 28.9. The zero-order valence-electron chi connectivity index (χ0n) is 16.8. The van der Waals surface area contributed by atoms with E-state index in [0.717, 1.165) is 16.0 Å². The first-order valence-corrected chi connectivity index (χ1v) is 9.72. The second kappa shape index (κ2) is 7.87. The van der Waals surface area contributed by atoms with E-state index >= 15 is 0 Å². The number of alkyl halides is 2. The standard InChI is InChI=1S/C22H19F2N5O2/c1-25-20-10-22(23,24)13-29(20)21(31)6-5-19(30)16-7-8-26-18-4-3-14(9-17(16)18)15-11-27-28(2)12-15/h3-4,7-9,11-12,20H,5-6,10,13H2,2H3/t20-/m0/s1. The maximum Gasteiger partial charge on any atom is 0.306 e.